The highest BCUT2D eigenvalue weighted by Gasteiger charge is 2.11. The van der Waals surface area contributed by atoms with E-state index in [1.807, 2.05) is 0 Å². The predicted octanol–water partition coefficient (Wildman–Crippen LogP) is 0.472. The summed E-state index contributed by atoms with van der Waals surface area (Å²) in [5, 5.41) is 0. The molecule has 0 bridgehead atoms. The van der Waals surface area contributed by atoms with Gasteiger partial charge in [0, 0.05) is 12.8 Å². The Morgan fingerprint density at radius 2 is 1.42 bits per heavy atom. The second-order valence-corrected chi connectivity index (χ2v) is 2.56. The van der Waals surface area contributed by atoms with Crippen molar-refractivity contribution in [2.24, 2.45) is 0 Å². The zero-order chi connectivity index (χ0) is 9.56. The normalized spacial score (nSPS) is 9.58. The Bertz CT molecular complexity index is 180. The van der Waals surface area contributed by atoms with E-state index in [0.29, 0.717) is 0 Å². The molecule has 0 unspecified atom stereocenters. The van der Waals surface area contributed by atoms with Crippen molar-refractivity contribution in [1.29, 1.82) is 0 Å². The molecule has 0 aliphatic rings. The second kappa shape index (κ2) is 5.70. The van der Waals surface area contributed by atoms with Crippen molar-refractivity contribution in [3.8, 4) is 0 Å². The molecule has 0 aliphatic carbocycles. The standard InChI is InChI=1S/C6H10O5S/c1-3-5(7)10-12(9)11-6(8)4-2/h3-4H2,1-2H3. The maximum absolute atomic E-state index is 10.6. The van der Waals surface area contributed by atoms with Gasteiger partial charge >= 0.3 is 23.3 Å². The van der Waals surface area contributed by atoms with Crippen LogP contribution in [0.2, 0.25) is 0 Å². The summed E-state index contributed by atoms with van der Waals surface area (Å²) in [4.78, 5) is 21.0. The van der Waals surface area contributed by atoms with Crippen LogP contribution in [0.4, 0.5) is 0 Å². The molecule has 0 aliphatic heterocycles. The van der Waals surface area contributed by atoms with Crippen LogP contribution in [0.1, 0.15) is 26.7 Å². The molecule has 12 heavy (non-hydrogen) atoms. The van der Waals surface area contributed by atoms with Gasteiger partial charge in [-0.05, 0) is 0 Å². The average molecular weight is 194 g/mol. The minimum atomic E-state index is -2.28. The van der Waals surface area contributed by atoms with E-state index >= 15 is 0 Å². The predicted molar refractivity (Wildman–Crippen MR) is 40.9 cm³/mol. The maximum Gasteiger partial charge on any atom is 0.422 e. The monoisotopic (exact) mass is 194 g/mol. The molecule has 0 radical (unpaired) electrons. The molecule has 0 aromatic carbocycles. The Labute approximate surface area is 72.9 Å². The van der Waals surface area contributed by atoms with Gasteiger partial charge in [-0.2, -0.15) is 4.21 Å². The fraction of sp³-hybridized carbons (Fsp3) is 0.667. The van der Waals surface area contributed by atoms with Gasteiger partial charge in [-0.1, -0.05) is 13.8 Å². The van der Waals surface area contributed by atoms with Crippen LogP contribution in [0.15, 0.2) is 0 Å². The molecule has 0 spiro atoms. The summed E-state index contributed by atoms with van der Waals surface area (Å²) in [5.41, 5.74) is 0. The number of rotatable bonds is 4. The number of carbonyl (C=O) groups excluding carboxylic acids is 2. The van der Waals surface area contributed by atoms with E-state index < -0.39 is 23.3 Å². The lowest BCUT2D eigenvalue weighted by Gasteiger charge is -1.99. The Morgan fingerprint density at radius 1 is 1.08 bits per heavy atom. The first kappa shape index (κ1) is 11.1. The number of hydrogen-bond donors (Lipinski definition) is 0. The smallest absolute Gasteiger partial charge is 0.334 e. The second-order valence-electron chi connectivity index (χ2n) is 1.82. The lowest BCUT2D eigenvalue weighted by atomic mass is 10.5. The summed E-state index contributed by atoms with van der Waals surface area (Å²) >= 11 is -2.28. The van der Waals surface area contributed by atoms with Crippen molar-refractivity contribution in [2.45, 2.75) is 26.7 Å². The van der Waals surface area contributed by atoms with Crippen molar-refractivity contribution in [3.05, 3.63) is 0 Å². The Morgan fingerprint density at radius 3 is 1.67 bits per heavy atom. The molecule has 0 N–H and O–H groups in total. The molecule has 0 aromatic rings. The van der Waals surface area contributed by atoms with Crippen molar-refractivity contribution in [3.63, 3.8) is 0 Å². The van der Waals surface area contributed by atoms with Gasteiger partial charge in [0.05, 0.1) is 0 Å². The summed E-state index contributed by atoms with van der Waals surface area (Å²) in [7, 11) is 0. The molecule has 0 rings (SSSR count). The molecule has 0 saturated carbocycles. The molecule has 70 valence electrons. The minimum absolute atomic E-state index is 0.0927. The van der Waals surface area contributed by atoms with Gasteiger partial charge in [-0.25, -0.2) is 0 Å². The SMILES string of the molecule is CCC(=O)OS(=O)OC(=O)CC. The van der Waals surface area contributed by atoms with Crippen LogP contribution in [0.5, 0.6) is 0 Å². The molecule has 6 heteroatoms. The molecule has 0 aromatic heterocycles. The molecule has 0 heterocycles. The Balaban J connectivity index is 3.74. The average Bonchev–Trinajstić information content (AvgIpc) is 2.03. The third kappa shape index (κ3) is 4.84. The van der Waals surface area contributed by atoms with Crippen LogP contribution in [0.3, 0.4) is 0 Å². The third-order valence-corrected chi connectivity index (χ3v) is 1.54. The van der Waals surface area contributed by atoms with E-state index in [4.69, 9.17) is 0 Å². The fourth-order valence-corrected chi connectivity index (χ4v) is 0.860. The van der Waals surface area contributed by atoms with Crippen LogP contribution < -0.4 is 0 Å². The lowest BCUT2D eigenvalue weighted by Crippen LogP contribution is -2.12. The van der Waals surface area contributed by atoms with E-state index in [-0.39, 0.29) is 12.8 Å². The van der Waals surface area contributed by atoms with Crippen molar-refractivity contribution in [1.82, 2.24) is 0 Å². The number of carbonyl (C=O) groups is 2. The summed E-state index contributed by atoms with van der Waals surface area (Å²) in [6.07, 6.45) is 0.185. The first-order valence-electron chi connectivity index (χ1n) is 3.44. The van der Waals surface area contributed by atoms with Crippen LogP contribution >= 0.6 is 0 Å². The highest BCUT2D eigenvalue weighted by atomic mass is 32.2. The summed E-state index contributed by atoms with van der Waals surface area (Å²) < 4.78 is 18.9. The van der Waals surface area contributed by atoms with Crippen molar-refractivity contribution >= 4 is 23.3 Å². The Hall–Kier alpha value is -0.910. The van der Waals surface area contributed by atoms with Gasteiger partial charge in [0.25, 0.3) is 0 Å². The van der Waals surface area contributed by atoms with Gasteiger partial charge in [0.1, 0.15) is 0 Å². The summed E-state index contributed by atoms with van der Waals surface area (Å²) in [5.74, 6) is -1.34. The summed E-state index contributed by atoms with van der Waals surface area (Å²) in [6.45, 7) is 3.09. The summed E-state index contributed by atoms with van der Waals surface area (Å²) in [6, 6.07) is 0. The molecule has 0 amide bonds. The van der Waals surface area contributed by atoms with Gasteiger partial charge in [-0.15, -0.1) is 0 Å². The molecule has 0 saturated heterocycles. The zero-order valence-corrected chi connectivity index (χ0v) is 7.68. The van der Waals surface area contributed by atoms with E-state index in [9.17, 15) is 13.8 Å². The third-order valence-electron chi connectivity index (χ3n) is 0.899. The van der Waals surface area contributed by atoms with Crippen LogP contribution in [0, 0.1) is 0 Å². The van der Waals surface area contributed by atoms with E-state index in [1.54, 1.807) is 13.8 Å². The maximum atomic E-state index is 10.6. The van der Waals surface area contributed by atoms with E-state index in [0.717, 1.165) is 0 Å². The fourth-order valence-electron chi connectivity index (χ4n) is 0.287. The Kier molecular flexibility index (Phi) is 5.27. The molecular weight excluding hydrogens is 184 g/mol. The van der Waals surface area contributed by atoms with Crippen LogP contribution in [0.25, 0.3) is 0 Å². The first-order valence-corrected chi connectivity index (χ1v) is 4.44. The topological polar surface area (TPSA) is 69.7 Å². The molecule has 0 atom stereocenters. The highest BCUT2D eigenvalue weighted by molar-refractivity contribution is 7.76. The first-order chi connectivity index (χ1) is 5.60. The molecule has 5 nitrogen and oxygen atoms in total. The van der Waals surface area contributed by atoms with E-state index in [1.165, 1.54) is 0 Å². The largest absolute Gasteiger partial charge is 0.422 e. The highest BCUT2D eigenvalue weighted by Crippen LogP contribution is 1.95. The van der Waals surface area contributed by atoms with Gasteiger partial charge in [0.2, 0.25) is 0 Å². The quantitative estimate of drug-likeness (QED) is 0.650. The zero-order valence-electron chi connectivity index (χ0n) is 6.86. The van der Waals surface area contributed by atoms with Gasteiger partial charge in [0.15, 0.2) is 0 Å². The van der Waals surface area contributed by atoms with Crippen molar-refractivity contribution < 1.29 is 22.2 Å². The minimum Gasteiger partial charge on any atom is -0.334 e. The number of hydrogen-bond acceptors (Lipinski definition) is 5. The lowest BCUT2D eigenvalue weighted by molar-refractivity contribution is -0.136. The van der Waals surface area contributed by atoms with Gasteiger partial charge < -0.3 is 8.37 Å². The van der Waals surface area contributed by atoms with Gasteiger partial charge in [-0.3, -0.25) is 9.59 Å². The van der Waals surface area contributed by atoms with Crippen LogP contribution in [-0.4, -0.2) is 16.1 Å². The van der Waals surface area contributed by atoms with Crippen molar-refractivity contribution in [2.75, 3.05) is 0 Å². The molecular formula is C6H10O5S. The van der Waals surface area contributed by atoms with Crippen LogP contribution in [-0.2, 0) is 29.3 Å². The molecule has 0 fully saturated rings. The van der Waals surface area contributed by atoms with E-state index in [2.05, 4.69) is 8.37 Å².